The highest BCUT2D eigenvalue weighted by atomic mass is 16.5. The summed E-state index contributed by atoms with van der Waals surface area (Å²) in [5.41, 5.74) is 2.93. The Morgan fingerprint density at radius 3 is 2.50 bits per heavy atom. The van der Waals surface area contributed by atoms with Crippen LogP contribution in [0.15, 0.2) is 42.5 Å². The Hall–Kier alpha value is -3.35. The minimum atomic E-state index is -0.202. The van der Waals surface area contributed by atoms with Gasteiger partial charge in [-0.2, -0.15) is 0 Å². The fourth-order valence-electron chi connectivity index (χ4n) is 4.06. The van der Waals surface area contributed by atoms with Crippen LogP contribution in [-0.4, -0.2) is 44.3 Å². The molecule has 0 aliphatic carbocycles. The van der Waals surface area contributed by atoms with Crippen LogP contribution in [-0.2, 0) is 9.59 Å². The van der Waals surface area contributed by atoms with Crippen LogP contribution in [0.5, 0.6) is 5.75 Å². The molecule has 0 aromatic heterocycles. The van der Waals surface area contributed by atoms with Gasteiger partial charge in [0, 0.05) is 49.9 Å². The van der Waals surface area contributed by atoms with E-state index < -0.39 is 0 Å². The second-order valence-electron chi connectivity index (χ2n) is 8.61. The van der Waals surface area contributed by atoms with Crippen molar-refractivity contribution in [3.63, 3.8) is 0 Å². The predicted octanol–water partition coefficient (Wildman–Crippen LogP) is 3.88. The van der Waals surface area contributed by atoms with Gasteiger partial charge in [-0.3, -0.25) is 14.4 Å². The Morgan fingerprint density at radius 1 is 1.06 bits per heavy atom. The van der Waals surface area contributed by atoms with Gasteiger partial charge in [0.1, 0.15) is 5.75 Å². The Balaban J connectivity index is 1.29. The third-order valence-electron chi connectivity index (χ3n) is 6.25. The Morgan fingerprint density at radius 2 is 1.78 bits per heavy atom. The largest absolute Gasteiger partial charge is 0.482 e. The Kier molecular flexibility index (Phi) is 6.44. The number of ether oxygens (including phenoxy) is 1. The molecule has 168 valence electrons. The van der Waals surface area contributed by atoms with E-state index in [4.69, 9.17) is 4.74 Å². The maximum Gasteiger partial charge on any atom is 0.264 e. The molecule has 2 aliphatic heterocycles. The summed E-state index contributed by atoms with van der Waals surface area (Å²) in [6.07, 6.45) is 2.59. The zero-order chi connectivity index (χ0) is 22.7. The molecular formula is C25H29N3O4. The first kappa shape index (κ1) is 21.9. The molecule has 1 fully saturated rings. The van der Waals surface area contributed by atoms with Crippen LogP contribution in [0.1, 0.15) is 43.0 Å². The van der Waals surface area contributed by atoms with Gasteiger partial charge >= 0.3 is 0 Å². The molecule has 0 saturated carbocycles. The van der Waals surface area contributed by atoms with Crippen molar-refractivity contribution in [1.82, 2.24) is 0 Å². The molecule has 2 aromatic rings. The lowest BCUT2D eigenvalue weighted by Gasteiger charge is -2.32. The maximum atomic E-state index is 12.6. The number of carbonyl (C=O) groups is 3. The SMILES string of the molecule is CC1CCN(c2ccc(NC(=O)CCC(=O)c3ccc4c(c3)N(C)C(=O)CO4)cc2)CC1. The number of nitrogens with one attached hydrogen (secondary N) is 1. The zero-order valence-electron chi connectivity index (χ0n) is 18.6. The van der Waals surface area contributed by atoms with Crippen LogP contribution >= 0.6 is 0 Å². The number of fused-ring (bicyclic) bond motifs is 1. The summed E-state index contributed by atoms with van der Waals surface area (Å²) in [6, 6.07) is 12.9. The molecular weight excluding hydrogens is 406 g/mol. The molecule has 1 N–H and O–H groups in total. The van der Waals surface area contributed by atoms with E-state index in [0.29, 0.717) is 17.0 Å². The highest BCUT2D eigenvalue weighted by Gasteiger charge is 2.23. The molecule has 7 heteroatoms. The van der Waals surface area contributed by atoms with Gasteiger partial charge in [0.15, 0.2) is 12.4 Å². The number of ketones is 1. The number of hydrogen-bond donors (Lipinski definition) is 1. The normalized spacial score (nSPS) is 16.4. The summed E-state index contributed by atoms with van der Waals surface area (Å²) < 4.78 is 5.39. The van der Waals surface area contributed by atoms with Crippen molar-refractivity contribution in [2.75, 3.05) is 41.9 Å². The van der Waals surface area contributed by atoms with Crippen LogP contribution in [0.25, 0.3) is 0 Å². The smallest absolute Gasteiger partial charge is 0.264 e. The third-order valence-corrected chi connectivity index (χ3v) is 6.25. The van der Waals surface area contributed by atoms with E-state index >= 15 is 0 Å². The fourth-order valence-corrected chi connectivity index (χ4v) is 4.06. The Labute approximate surface area is 188 Å². The van der Waals surface area contributed by atoms with E-state index in [1.54, 1.807) is 25.2 Å². The molecule has 7 nitrogen and oxygen atoms in total. The molecule has 32 heavy (non-hydrogen) atoms. The quantitative estimate of drug-likeness (QED) is 0.697. The van der Waals surface area contributed by atoms with Crippen molar-refractivity contribution >= 4 is 34.7 Å². The number of benzene rings is 2. The molecule has 0 bridgehead atoms. The van der Waals surface area contributed by atoms with Crippen LogP contribution in [0.2, 0.25) is 0 Å². The van der Waals surface area contributed by atoms with E-state index in [2.05, 4.69) is 17.1 Å². The van der Waals surface area contributed by atoms with Crippen molar-refractivity contribution in [2.24, 2.45) is 5.92 Å². The number of amides is 2. The summed E-state index contributed by atoms with van der Waals surface area (Å²) >= 11 is 0. The van der Waals surface area contributed by atoms with Gasteiger partial charge < -0.3 is 19.9 Å². The number of piperidine rings is 1. The van der Waals surface area contributed by atoms with Gasteiger partial charge in [0.25, 0.3) is 5.91 Å². The number of carbonyl (C=O) groups excluding carboxylic acids is 3. The summed E-state index contributed by atoms with van der Waals surface area (Å²) in [5.74, 6) is 0.840. The number of Topliss-reactive ketones (excluding diaryl/α,β-unsaturated/α-hetero) is 1. The van der Waals surface area contributed by atoms with Gasteiger partial charge in [-0.25, -0.2) is 0 Å². The highest BCUT2D eigenvalue weighted by molar-refractivity contribution is 6.03. The molecule has 0 atom stereocenters. The second kappa shape index (κ2) is 9.42. The lowest BCUT2D eigenvalue weighted by molar-refractivity contribution is -0.121. The zero-order valence-corrected chi connectivity index (χ0v) is 18.6. The van der Waals surface area contributed by atoms with Crippen molar-refractivity contribution in [3.05, 3.63) is 48.0 Å². The molecule has 0 radical (unpaired) electrons. The predicted molar refractivity (Wildman–Crippen MR) is 125 cm³/mol. The van der Waals surface area contributed by atoms with Crippen molar-refractivity contribution < 1.29 is 19.1 Å². The maximum absolute atomic E-state index is 12.6. The first-order valence-corrected chi connectivity index (χ1v) is 11.1. The molecule has 4 rings (SSSR count). The average molecular weight is 436 g/mol. The Bertz CT molecular complexity index is 1010. The molecule has 2 aromatic carbocycles. The molecule has 2 amide bonds. The first-order chi connectivity index (χ1) is 15.4. The molecule has 1 saturated heterocycles. The lowest BCUT2D eigenvalue weighted by Crippen LogP contribution is -2.35. The number of hydrogen-bond acceptors (Lipinski definition) is 5. The van der Waals surface area contributed by atoms with Gasteiger partial charge in [-0.15, -0.1) is 0 Å². The van der Waals surface area contributed by atoms with Crippen LogP contribution in [0.4, 0.5) is 17.1 Å². The third kappa shape index (κ3) is 4.93. The van der Waals surface area contributed by atoms with Gasteiger partial charge in [0.2, 0.25) is 5.91 Å². The van der Waals surface area contributed by atoms with E-state index in [-0.39, 0.29) is 37.0 Å². The minimum absolute atomic E-state index is 0.00478. The van der Waals surface area contributed by atoms with E-state index in [9.17, 15) is 14.4 Å². The average Bonchev–Trinajstić information content (AvgIpc) is 2.81. The molecule has 2 heterocycles. The van der Waals surface area contributed by atoms with Gasteiger partial charge in [0.05, 0.1) is 5.69 Å². The van der Waals surface area contributed by atoms with Crippen LogP contribution in [0.3, 0.4) is 0 Å². The molecule has 0 unspecified atom stereocenters. The first-order valence-electron chi connectivity index (χ1n) is 11.1. The summed E-state index contributed by atoms with van der Waals surface area (Å²) in [7, 11) is 1.66. The molecule has 0 spiro atoms. The monoisotopic (exact) mass is 435 g/mol. The minimum Gasteiger partial charge on any atom is -0.482 e. The standard InChI is InChI=1S/C25H29N3O4/c1-17-11-13-28(14-12-17)20-6-4-19(5-7-20)26-24(30)10-8-22(29)18-3-9-23-21(15-18)27(2)25(31)16-32-23/h3-7,9,15,17H,8,10-14,16H2,1-2H3,(H,26,30). The van der Waals surface area contributed by atoms with E-state index in [1.165, 1.54) is 23.4 Å². The number of likely N-dealkylation sites (N-methyl/N-ethyl adjacent to an activating group) is 1. The van der Waals surface area contributed by atoms with Crippen LogP contribution in [0, 0.1) is 5.92 Å². The topological polar surface area (TPSA) is 79.0 Å². The van der Waals surface area contributed by atoms with Crippen LogP contribution < -0.4 is 19.9 Å². The van der Waals surface area contributed by atoms with Crippen molar-refractivity contribution in [3.8, 4) is 5.75 Å². The number of rotatable bonds is 6. The lowest BCUT2D eigenvalue weighted by atomic mass is 9.99. The van der Waals surface area contributed by atoms with E-state index in [1.807, 2.05) is 24.3 Å². The molecule has 2 aliphatic rings. The summed E-state index contributed by atoms with van der Waals surface area (Å²) in [5, 5.41) is 2.87. The number of anilines is 3. The summed E-state index contributed by atoms with van der Waals surface area (Å²) in [4.78, 5) is 40.6. The second-order valence-corrected chi connectivity index (χ2v) is 8.61. The van der Waals surface area contributed by atoms with Gasteiger partial charge in [-0.05, 0) is 61.2 Å². The highest BCUT2D eigenvalue weighted by Crippen LogP contribution is 2.32. The fraction of sp³-hybridized carbons (Fsp3) is 0.400. The summed E-state index contributed by atoms with van der Waals surface area (Å²) in [6.45, 7) is 4.41. The number of nitrogens with zero attached hydrogens (tertiary/aromatic N) is 2. The van der Waals surface area contributed by atoms with E-state index in [0.717, 1.165) is 24.7 Å². The van der Waals surface area contributed by atoms with Crippen molar-refractivity contribution in [2.45, 2.75) is 32.6 Å². The van der Waals surface area contributed by atoms with Gasteiger partial charge in [-0.1, -0.05) is 6.92 Å². The van der Waals surface area contributed by atoms with Crippen molar-refractivity contribution in [1.29, 1.82) is 0 Å².